The quantitative estimate of drug-likeness (QED) is 0.733. The van der Waals surface area contributed by atoms with Crippen LogP contribution in [0.1, 0.15) is 12.5 Å². The van der Waals surface area contributed by atoms with Crippen LogP contribution in [-0.2, 0) is 11.4 Å². The zero-order chi connectivity index (χ0) is 15.3. The molecule has 110 valence electrons. The second-order valence-electron chi connectivity index (χ2n) is 3.88. The molecule has 1 rings (SSSR count). The van der Waals surface area contributed by atoms with E-state index < -0.39 is 18.0 Å². The fraction of sp³-hybridized carbons (Fsp3) is 0.333. The molecule has 0 aromatic heterocycles. The maximum Gasteiger partial charge on any atom is 0.318 e. The molecular formula is C12H15BrN2O5. The van der Waals surface area contributed by atoms with Gasteiger partial charge in [0.2, 0.25) is 0 Å². The first kappa shape index (κ1) is 16.3. The van der Waals surface area contributed by atoms with Gasteiger partial charge in [-0.2, -0.15) is 0 Å². The molecule has 8 heteroatoms. The van der Waals surface area contributed by atoms with E-state index >= 15 is 0 Å². The van der Waals surface area contributed by atoms with Gasteiger partial charge in [-0.05, 0) is 40.5 Å². The Bertz CT molecular complexity index is 521. The van der Waals surface area contributed by atoms with Crippen LogP contribution in [0.3, 0.4) is 0 Å². The van der Waals surface area contributed by atoms with Gasteiger partial charge in [0.15, 0.2) is 17.6 Å². The van der Waals surface area contributed by atoms with E-state index in [0.717, 1.165) is 0 Å². The van der Waals surface area contributed by atoms with Gasteiger partial charge in [0.1, 0.15) is 0 Å². The molecule has 0 bridgehead atoms. The van der Waals surface area contributed by atoms with E-state index in [4.69, 9.17) is 20.3 Å². The second kappa shape index (κ2) is 7.11. The van der Waals surface area contributed by atoms with Gasteiger partial charge in [0, 0.05) is 0 Å². The predicted molar refractivity (Wildman–Crippen MR) is 74.4 cm³/mol. The van der Waals surface area contributed by atoms with Crippen LogP contribution in [-0.4, -0.2) is 30.3 Å². The lowest BCUT2D eigenvalue weighted by molar-refractivity contribution is -0.126. The van der Waals surface area contributed by atoms with Crippen LogP contribution in [0.15, 0.2) is 16.6 Å². The van der Waals surface area contributed by atoms with Crippen molar-refractivity contribution in [1.82, 2.24) is 5.32 Å². The number of carbonyl (C=O) groups is 2. The molecule has 0 radical (unpaired) electrons. The van der Waals surface area contributed by atoms with Gasteiger partial charge in [0.05, 0.1) is 18.2 Å². The van der Waals surface area contributed by atoms with Crippen molar-refractivity contribution in [2.75, 3.05) is 7.11 Å². The molecule has 4 N–H and O–H groups in total. The highest BCUT2D eigenvalue weighted by Crippen LogP contribution is 2.37. The van der Waals surface area contributed by atoms with Crippen molar-refractivity contribution < 1.29 is 24.2 Å². The molecule has 0 fully saturated rings. The topological polar surface area (TPSA) is 111 Å². The first-order valence-electron chi connectivity index (χ1n) is 5.63. The minimum absolute atomic E-state index is 0.160. The standard InChI is InChI=1S/C12H15BrN2O5/c1-6(11(17)15-12(14)18)20-10-8(13)3-7(5-16)4-9(10)19-2/h3-4,6,16H,5H2,1-2H3,(H3,14,15,17,18). The number of aliphatic hydroxyl groups excluding tert-OH is 1. The maximum absolute atomic E-state index is 11.6. The van der Waals surface area contributed by atoms with Crippen LogP contribution < -0.4 is 20.5 Å². The van der Waals surface area contributed by atoms with Crippen molar-refractivity contribution >= 4 is 27.9 Å². The number of urea groups is 1. The third kappa shape index (κ3) is 4.10. The molecule has 0 heterocycles. The van der Waals surface area contributed by atoms with Gasteiger partial charge >= 0.3 is 6.03 Å². The highest BCUT2D eigenvalue weighted by atomic mass is 79.9. The summed E-state index contributed by atoms with van der Waals surface area (Å²) in [6.45, 7) is 1.30. The van der Waals surface area contributed by atoms with E-state index in [1.54, 1.807) is 12.1 Å². The number of nitrogens with one attached hydrogen (secondary N) is 1. The number of carbonyl (C=O) groups excluding carboxylic acids is 2. The van der Waals surface area contributed by atoms with Crippen LogP contribution in [0.5, 0.6) is 11.5 Å². The average molecular weight is 347 g/mol. The fourth-order valence-electron chi connectivity index (χ4n) is 1.43. The molecule has 20 heavy (non-hydrogen) atoms. The molecule has 0 spiro atoms. The maximum atomic E-state index is 11.6. The van der Waals surface area contributed by atoms with Crippen molar-refractivity contribution in [1.29, 1.82) is 0 Å². The largest absolute Gasteiger partial charge is 0.493 e. The highest BCUT2D eigenvalue weighted by Gasteiger charge is 2.20. The summed E-state index contributed by atoms with van der Waals surface area (Å²) < 4.78 is 11.1. The van der Waals surface area contributed by atoms with E-state index in [2.05, 4.69) is 15.9 Å². The molecule has 0 aliphatic carbocycles. The number of primary amides is 1. The first-order valence-corrected chi connectivity index (χ1v) is 6.42. The monoisotopic (exact) mass is 346 g/mol. The van der Waals surface area contributed by atoms with Crippen molar-refractivity contribution in [2.24, 2.45) is 5.73 Å². The molecule has 1 aromatic carbocycles. The number of hydrogen-bond donors (Lipinski definition) is 3. The Morgan fingerprint density at radius 1 is 1.50 bits per heavy atom. The van der Waals surface area contributed by atoms with Crippen molar-refractivity contribution in [3.63, 3.8) is 0 Å². The number of rotatable bonds is 5. The Labute approximate surface area is 124 Å². The smallest absolute Gasteiger partial charge is 0.318 e. The third-order valence-electron chi connectivity index (χ3n) is 2.38. The molecule has 0 saturated heterocycles. The van der Waals surface area contributed by atoms with Gasteiger partial charge < -0.3 is 20.3 Å². The molecule has 0 aliphatic rings. The van der Waals surface area contributed by atoms with E-state index in [9.17, 15) is 9.59 Å². The number of aliphatic hydroxyl groups is 1. The summed E-state index contributed by atoms with van der Waals surface area (Å²) in [6.07, 6.45) is -0.951. The third-order valence-corrected chi connectivity index (χ3v) is 2.97. The molecular weight excluding hydrogens is 332 g/mol. The zero-order valence-corrected chi connectivity index (χ0v) is 12.6. The highest BCUT2D eigenvalue weighted by molar-refractivity contribution is 9.10. The molecule has 1 atom stereocenters. The first-order chi connectivity index (χ1) is 9.38. The number of methoxy groups -OCH3 is 1. The SMILES string of the molecule is COc1cc(CO)cc(Br)c1OC(C)C(=O)NC(N)=O. The summed E-state index contributed by atoms with van der Waals surface area (Å²) in [5, 5.41) is 11.0. The van der Waals surface area contributed by atoms with Gasteiger partial charge in [0.25, 0.3) is 5.91 Å². The van der Waals surface area contributed by atoms with Crippen molar-refractivity contribution in [3.05, 3.63) is 22.2 Å². The van der Waals surface area contributed by atoms with Crippen LogP contribution in [0, 0.1) is 0 Å². The summed E-state index contributed by atoms with van der Waals surface area (Å²) in [5.41, 5.74) is 5.48. The van der Waals surface area contributed by atoms with Gasteiger partial charge in [-0.25, -0.2) is 4.79 Å². The minimum Gasteiger partial charge on any atom is -0.493 e. The Hall–Kier alpha value is -1.80. The van der Waals surface area contributed by atoms with Crippen LogP contribution in [0.2, 0.25) is 0 Å². The average Bonchev–Trinajstić information content (AvgIpc) is 2.39. The van der Waals surface area contributed by atoms with E-state index in [1.807, 2.05) is 5.32 Å². The lowest BCUT2D eigenvalue weighted by Crippen LogP contribution is -2.42. The second-order valence-corrected chi connectivity index (χ2v) is 4.74. The normalized spacial score (nSPS) is 11.6. The van der Waals surface area contributed by atoms with Crippen molar-refractivity contribution in [3.8, 4) is 11.5 Å². The molecule has 1 unspecified atom stereocenters. The minimum atomic E-state index is -0.952. The molecule has 3 amide bonds. The molecule has 0 saturated carbocycles. The lowest BCUT2D eigenvalue weighted by atomic mass is 10.2. The number of benzene rings is 1. The summed E-state index contributed by atoms with van der Waals surface area (Å²) in [5.74, 6) is -0.0309. The number of imide groups is 1. The van der Waals surface area contributed by atoms with Crippen LogP contribution in [0.4, 0.5) is 4.79 Å². The molecule has 1 aromatic rings. The lowest BCUT2D eigenvalue weighted by Gasteiger charge is -2.17. The molecule has 0 aliphatic heterocycles. The zero-order valence-electron chi connectivity index (χ0n) is 11.0. The van der Waals surface area contributed by atoms with E-state index in [-0.39, 0.29) is 12.4 Å². The summed E-state index contributed by atoms with van der Waals surface area (Å²) >= 11 is 3.27. The number of hydrogen-bond acceptors (Lipinski definition) is 5. The Kier molecular flexibility index (Phi) is 5.78. The van der Waals surface area contributed by atoms with Gasteiger partial charge in [-0.1, -0.05) is 0 Å². The number of halogens is 1. The van der Waals surface area contributed by atoms with Gasteiger partial charge in [-0.15, -0.1) is 0 Å². The Balaban J connectivity index is 2.96. The predicted octanol–water partition coefficient (Wildman–Crippen LogP) is 0.912. The van der Waals surface area contributed by atoms with E-state index in [0.29, 0.717) is 15.8 Å². The van der Waals surface area contributed by atoms with E-state index in [1.165, 1.54) is 14.0 Å². The Morgan fingerprint density at radius 2 is 2.15 bits per heavy atom. The number of nitrogens with two attached hydrogens (primary N) is 1. The van der Waals surface area contributed by atoms with Crippen molar-refractivity contribution in [2.45, 2.75) is 19.6 Å². The number of ether oxygens (including phenoxy) is 2. The van der Waals surface area contributed by atoms with Crippen LogP contribution in [0.25, 0.3) is 0 Å². The molecule has 7 nitrogen and oxygen atoms in total. The number of amides is 3. The van der Waals surface area contributed by atoms with Crippen LogP contribution >= 0.6 is 15.9 Å². The summed E-state index contributed by atoms with van der Waals surface area (Å²) in [6, 6.07) is 2.27. The summed E-state index contributed by atoms with van der Waals surface area (Å²) in [4.78, 5) is 22.2. The summed E-state index contributed by atoms with van der Waals surface area (Å²) in [7, 11) is 1.43. The fourth-order valence-corrected chi connectivity index (χ4v) is 2.02. The Morgan fingerprint density at radius 3 is 2.65 bits per heavy atom. The van der Waals surface area contributed by atoms with Gasteiger partial charge in [-0.3, -0.25) is 10.1 Å².